The monoisotopic (exact) mass is 273 g/mol. The van der Waals surface area contributed by atoms with Gasteiger partial charge in [0.2, 0.25) is 0 Å². The van der Waals surface area contributed by atoms with Gasteiger partial charge in [-0.15, -0.1) is 11.8 Å². The molecular weight excluding hydrogens is 258 g/mol. The van der Waals surface area contributed by atoms with Crippen molar-refractivity contribution in [3.8, 4) is 0 Å². The molecular formula is C15H15NO2S. The summed E-state index contributed by atoms with van der Waals surface area (Å²) in [6.07, 6.45) is 0.0724. The van der Waals surface area contributed by atoms with Gasteiger partial charge in [0.05, 0.1) is 6.42 Å². The number of hydrogen-bond donors (Lipinski definition) is 2. The summed E-state index contributed by atoms with van der Waals surface area (Å²) in [4.78, 5) is 11.9. The minimum absolute atomic E-state index is 0.0724. The van der Waals surface area contributed by atoms with E-state index in [0.717, 1.165) is 10.5 Å². The Labute approximate surface area is 116 Å². The SMILES string of the molecule is Nc1ccccc1S[C@@H](CC(=O)O)c1ccccc1. The molecule has 0 fully saturated rings. The lowest BCUT2D eigenvalue weighted by Gasteiger charge is -2.16. The van der Waals surface area contributed by atoms with E-state index < -0.39 is 5.97 Å². The van der Waals surface area contributed by atoms with Crippen molar-refractivity contribution in [2.75, 3.05) is 5.73 Å². The number of benzene rings is 2. The lowest BCUT2D eigenvalue weighted by molar-refractivity contribution is -0.137. The molecule has 0 aromatic heterocycles. The van der Waals surface area contributed by atoms with Crippen LogP contribution in [0.15, 0.2) is 59.5 Å². The van der Waals surface area contributed by atoms with Gasteiger partial charge in [0.15, 0.2) is 0 Å². The van der Waals surface area contributed by atoms with Gasteiger partial charge < -0.3 is 10.8 Å². The van der Waals surface area contributed by atoms with Crippen molar-refractivity contribution in [2.45, 2.75) is 16.6 Å². The molecule has 3 N–H and O–H groups in total. The molecule has 19 heavy (non-hydrogen) atoms. The number of carbonyl (C=O) groups is 1. The molecule has 0 unspecified atom stereocenters. The zero-order valence-electron chi connectivity index (χ0n) is 10.3. The van der Waals surface area contributed by atoms with Gasteiger partial charge in [0.25, 0.3) is 0 Å². The fraction of sp³-hybridized carbons (Fsp3) is 0.133. The Morgan fingerprint density at radius 1 is 1.11 bits per heavy atom. The standard InChI is InChI=1S/C15H15NO2S/c16-12-8-4-5-9-13(12)19-14(10-15(17)18)11-6-2-1-3-7-11/h1-9,14H,10,16H2,(H,17,18)/t14-/m0/s1. The van der Waals surface area contributed by atoms with E-state index in [0.29, 0.717) is 5.69 Å². The average molecular weight is 273 g/mol. The zero-order chi connectivity index (χ0) is 13.7. The van der Waals surface area contributed by atoms with Gasteiger partial charge in [-0.05, 0) is 17.7 Å². The molecule has 4 heteroatoms. The molecule has 0 saturated carbocycles. The molecule has 0 aliphatic carbocycles. The summed E-state index contributed by atoms with van der Waals surface area (Å²) >= 11 is 1.49. The first-order valence-corrected chi connectivity index (χ1v) is 6.82. The van der Waals surface area contributed by atoms with E-state index in [1.165, 1.54) is 11.8 Å². The Bertz CT molecular complexity index is 557. The Morgan fingerprint density at radius 2 is 1.74 bits per heavy atom. The van der Waals surface area contributed by atoms with Crippen LogP contribution in [0.25, 0.3) is 0 Å². The number of anilines is 1. The van der Waals surface area contributed by atoms with Crippen LogP contribution in [0.4, 0.5) is 5.69 Å². The van der Waals surface area contributed by atoms with Crippen molar-refractivity contribution in [1.29, 1.82) is 0 Å². The topological polar surface area (TPSA) is 63.3 Å². The minimum Gasteiger partial charge on any atom is -0.481 e. The number of hydrogen-bond acceptors (Lipinski definition) is 3. The van der Waals surface area contributed by atoms with Crippen molar-refractivity contribution >= 4 is 23.4 Å². The average Bonchev–Trinajstić information content (AvgIpc) is 2.41. The number of carboxylic acids is 1. The molecule has 2 aromatic carbocycles. The van der Waals surface area contributed by atoms with Crippen LogP contribution in [0.3, 0.4) is 0 Å². The molecule has 1 atom stereocenters. The third-order valence-corrected chi connectivity index (χ3v) is 4.07. The molecule has 98 valence electrons. The number of aliphatic carboxylic acids is 1. The van der Waals surface area contributed by atoms with Crippen LogP contribution < -0.4 is 5.73 Å². The van der Waals surface area contributed by atoms with Crippen molar-refractivity contribution in [3.05, 3.63) is 60.2 Å². The molecule has 3 nitrogen and oxygen atoms in total. The predicted octanol–water partition coefficient (Wildman–Crippen LogP) is 3.58. The van der Waals surface area contributed by atoms with Crippen LogP contribution in [0.5, 0.6) is 0 Å². The first-order chi connectivity index (χ1) is 9.16. The Hall–Kier alpha value is -1.94. The van der Waals surface area contributed by atoms with E-state index in [1.807, 2.05) is 54.6 Å². The van der Waals surface area contributed by atoms with Crippen LogP contribution in [0.1, 0.15) is 17.2 Å². The zero-order valence-corrected chi connectivity index (χ0v) is 11.1. The fourth-order valence-electron chi connectivity index (χ4n) is 1.79. The Morgan fingerprint density at radius 3 is 2.37 bits per heavy atom. The third kappa shape index (κ3) is 3.76. The summed E-state index contributed by atoms with van der Waals surface area (Å²) in [5.41, 5.74) is 7.59. The normalized spacial score (nSPS) is 12.0. The van der Waals surface area contributed by atoms with Gasteiger partial charge in [-0.3, -0.25) is 4.79 Å². The van der Waals surface area contributed by atoms with Crippen molar-refractivity contribution < 1.29 is 9.90 Å². The maximum Gasteiger partial charge on any atom is 0.304 e. The minimum atomic E-state index is -0.809. The van der Waals surface area contributed by atoms with E-state index in [-0.39, 0.29) is 11.7 Å². The second-order valence-corrected chi connectivity index (χ2v) is 5.40. The molecule has 0 radical (unpaired) electrons. The van der Waals surface area contributed by atoms with E-state index in [4.69, 9.17) is 10.8 Å². The van der Waals surface area contributed by atoms with Crippen LogP contribution in [-0.4, -0.2) is 11.1 Å². The van der Waals surface area contributed by atoms with Gasteiger partial charge in [-0.25, -0.2) is 0 Å². The van der Waals surface area contributed by atoms with Gasteiger partial charge in [0, 0.05) is 15.8 Å². The van der Waals surface area contributed by atoms with E-state index in [9.17, 15) is 4.79 Å². The van der Waals surface area contributed by atoms with Crippen LogP contribution in [-0.2, 0) is 4.79 Å². The summed E-state index contributed by atoms with van der Waals surface area (Å²) in [7, 11) is 0. The van der Waals surface area contributed by atoms with Crippen molar-refractivity contribution in [2.24, 2.45) is 0 Å². The van der Waals surface area contributed by atoms with E-state index in [1.54, 1.807) is 0 Å². The fourth-order valence-corrected chi connectivity index (χ4v) is 2.98. The van der Waals surface area contributed by atoms with E-state index in [2.05, 4.69) is 0 Å². The molecule has 0 heterocycles. The highest BCUT2D eigenvalue weighted by Gasteiger charge is 2.17. The maximum absolute atomic E-state index is 11.0. The largest absolute Gasteiger partial charge is 0.481 e. The lowest BCUT2D eigenvalue weighted by atomic mass is 10.1. The first-order valence-electron chi connectivity index (χ1n) is 5.94. The number of nitrogen functional groups attached to an aromatic ring is 1. The molecule has 0 spiro atoms. The number of nitrogens with two attached hydrogens (primary N) is 1. The Balaban J connectivity index is 2.24. The van der Waals surface area contributed by atoms with Gasteiger partial charge >= 0.3 is 5.97 Å². The second-order valence-electron chi connectivity index (χ2n) is 4.15. The summed E-state index contributed by atoms with van der Waals surface area (Å²) in [6.45, 7) is 0. The maximum atomic E-state index is 11.0. The lowest BCUT2D eigenvalue weighted by Crippen LogP contribution is -2.03. The molecule has 0 saturated heterocycles. The van der Waals surface area contributed by atoms with E-state index >= 15 is 0 Å². The highest BCUT2D eigenvalue weighted by atomic mass is 32.2. The van der Waals surface area contributed by atoms with Gasteiger partial charge in [-0.2, -0.15) is 0 Å². The van der Waals surface area contributed by atoms with Crippen LogP contribution in [0.2, 0.25) is 0 Å². The summed E-state index contributed by atoms with van der Waals surface area (Å²) < 4.78 is 0. The van der Waals surface area contributed by atoms with Crippen molar-refractivity contribution in [1.82, 2.24) is 0 Å². The first kappa shape index (κ1) is 13.5. The molecule has 0 amide bonds. The van der Waals surface area contributed by atoms with Gasteiger partial charge in [-0.1, -0.05) is 42.5 Å². The molecule has 2 rings (SSSR count). The summed E-state index contributed by atoms with van der Waals surface area (Å²) in [5, 5.41) is 8.91. The second kappa shape index (κ2) is 6.29. The van der Waals surface area contributed by atoms with Crippen LogP contribution in [0, 0.1) is 0 Å². The molecule has 0 aliphatic heterocycles. The number of para-hydroxylation sites is 1. The number of thioether (sulfide) groups is 1. The van der Waals surface area contributed by atoms with Gasteiger partial charge in [0.1, 0.15) is 0 Å². The Kier molecular flexibility index (Phi) is 4.47. The highest BCUT2D eigenvalue weighted by molar-refractivity contribution is 7.99. The highest BCUT2D eigenvalue weighted by Crippen LogP contribution is 2.39. The predicted molar refractivity (Wildman–Crippen MR) is 78.1 cm³/mol. The van der Waals surface area contributed by atoms with Crippen molar-refractivity contribution in [3.63, 3.8) is 0 Å². The third-order valence-electron chi connectivity index (χ3n) is 2.72. The molecule has 0 aliphatic rings. The smallest absolute Gasteiger partial charge is 0.304 e. The molecule has 2 aromatic rings. The summed E-state index contributed by atoms with van der Waals surface area (Å²) in [6, 6.07) is 17.2. The molecule has 0 bridgehead atoms. The quantitative estimate of drug-likeness (QED) is 0.645. The summed E-state index contributed by atoms with van der Waals surface area (Å²) in [5.74, 6) is -0.809. The number of carboxylic acid groups (broad SMARTS) is 1. The number of rotatable bonds is 5. The van der Waals surface area contributed by atoms with Crippen LogP contribution >= 0.6 is 11.8 Å².